The summed E-state index contributed by atoms with van der Waals surface area (Å²) in [5.74, 6) is 0.0663. The lowest BCUT2D eigenvalue weighted by molar-refractivity contribution is -0.120. The van der Waals surface area contributed by atoms with Crippen molar-refractivity contribution in [3.8, 4) is 5.75 Å². The highest BCUT2D eigenvalue weighted by Crippen LogP contribution is 2.14. The maximum atomic E-state index is 13.4. The van der Waals surface area contributed by atoms with Gasteiger partial charge in [0.25, 0.3) is 0 Å². The minimum Gasteiger partial charge on any atom is -0.486 e. The summed E-state index contributed by atoms with van der Waals surface area (Å²) in [4.78, 5) is 11.8. The zero-order valence-corrected chi connectivity index (χ0v) is 11.8. The Morgan fingerprint density at radius 2 is 1.95 bits per heavy atom. The van der Waals surface area contributed by atoms with E-state index in [9.17, 15) is 9.18 Å². The zero-order valence-electron chi connectivity index (χ0n) is 11.8. The first-order valence-electron chi connectivity index (χ1n) is 6.65. The van der Waals surface area contributed by atoms with Crippen LogP contribution in [-0.2, 0) is 22.6 Å². The molecular formula is C17H17FO3. The second kappa shape index (κ2) is 7.55. The molecule has 0 aliphatic carbocycles. The molecule has 21 heavy (non-hydrogen) atoms. The van der Waals surface area contributed by atoms with Gasteiger partial charge in [-0.05, 0) is 29.3 Å². The average Bonchev–Trinajstić information content (AvgIpc) is 2.48. The van der Waals surface area contributed by atoms with Crippen LogP contribution in [-0.4, -0.2) is 19.5 Å². The molecule has 0 radical (unpaired) electrons. The van der Waals surface area contributed by atoms with Gasteiger partial charge in [0.1, 0.15) is 18.2 Å². The van der Waals surface area contributed by atoms with E-state index in [0.717, 1.165) is 5.56 Å². The highest BCUT2D eigenvalue weighted by molar-refractivity contribution is 5.82. The largest absolute Gasteiger partial charge is 0.486 e. The molecule has 2 aromatic rings. The summed E-state index contributed by atoms with van der Waals surface area (Å²) in [5.41, 5.74) is 1.36. The lowest BCUT2D eigenvalue weighted by atomic mass is 10.1. The number of methoxy groups -OCH3 is 1. The first-order chi connectivity index (χ1) is 10.2. The Bertz CT molecular complexity index is 610. The SMILES string of the molecule is COCc1cccc(OCC(=O)Cc2ccccc2F)c1. The first kappa shape index (κ1) is 15.2. The molecule has 110 valence electrons. The van der Waals surface area contributed by atoms with E-state index in [2.05, 4.69) is 0 Å². The number of carbonyl (C=O) groups excluding carboxylic acids is 1. The maximum Gasteiger partial charge on any atom is 0.174 e. The molecule has 0 aliphatic rings. The number of ketones is 1. The summed E-state index contributed by atoms with van der Waals surface area (Å²) in [6.07, 6.45) is 0.0322. The van der Waals surface area contributed by atoms with Gasteiger partial charge in [-0.3, -0.25) is 4.79 Å². The monoisotopic (exact) mass is 288 g/mol. The smallest absolute Gasteiger partial charge is 0.174 e. The van der Waals surface area contributed by atoms with Crippen molar-refractivity contribution in [3.63, 3.8) is 0 Å². The van der Waals surface area contributed by atoms with Gasteiger partial charge in [-0.1, -0.05) is 30.3 Å². The van der Waals surface area contributed by atoms with E-state index in [1.807, 2.05) is 18.2 Å². The van der Waals surface area contributed by atoms with Crippen molar-refractivity contribution < 1.29 is 18.7 Å². The normalized spacial score (nSPS) is 10.4. The van der Waals surface area contributed by atoms with Crippen LogP contribution in [0.3, 0.4) is 0 Å². The summed E-state index contributed by atoms with van der Waals surface area (Å²) in [6.45, 7) is 0.408. The van der Waals surface area contributed by atoms with Gasteiger partial charge in [-0.25, -0.2) is 4.39 Å². The molecule has 0 saturated carbocycles. The topological polar surface area (TPSA) is 35.5 Å². The van der Waals surface area contributed by atoms with Crippen molar-refractivity contribution in [2.45, 2.75) is 13.0 Å². The fraction of sp³-hybridized carbons (Fsp3) is 0.235. The Balaban J connectivity index is 1.89. The van der Waals surface area contributed by atoms with E-state index in [4.69, 9.17) is 9.47 Å². The molecule has 0 unspecified atom stereocenters. The van der Waals surface area contributed by atoms with Gasteiger partial charge in [0, 0.05) is 13.5 Å². The molecule has 0 aliphatic heterocycles. The van der Waals surface area contributed by atoms with Gasteiger partial charge < -0.3 is 9.47 Å². The van der Waals surface area contributed by atoms with E-state index in [1.54, 1.807) is 31.4 Å². The second-order valence-corrected chi connectivity index (χ2v) is 4.68. The van der Waals surface area contributed by atoms with E-state index < -0.39 is 0 Å². The van der Waals surface area contributed by atoms with Crippen LogP contribution in [0.2, 0.25) is 0 Å². The standard InChI is InChI=1S/C17H17FO3/c1-20-11-13-5-4-7-16(9-13)21-12-15(19)10-14-6-2-3-8-17(14)18/h2-9H,10-12H2,1H3. The van der Waals surface area contributed by atoms with Crippen LogP contribution in [0.1, 0.15) is 11.1 Å². The van der Waals surface area contributed by atoms with Crippen LogP contribution in [0, 0.1) is 5.82 Å². The lowest BCUT2D eigenvalue weighted by Gasteiger charge is -2.08. The molecule has 0 N–H and O–H groups in total. The minimum atomic E-state index is -0.368. The Morgan fingerprint density at radius 1 is 1.14 bits per heavy atom. The predicted octanol–water partition coefficient (Wildman–Crippen LogP) is 3.16. The number of halogens is 1. The number of hydrogen-bond donors (Lipinski definition) is 0. The Kier molecular flexibility index (Phi) is 5.46. The number of Topliss-reactive ketones (excluding diaryl/α,β-unsaturated/α-hetero) is 1. The second-order valence-electron chi connectivity index (χ2n) is 4.68. The molecule has 0 fully saturated rings. The van der Waals surface area contributed by atoms with Gasteiger partial charge in [0.2, 0.25) is 0 Å². The lowest BCUT2D eigenvalue weighted by Crippen LogP contribution is -2.14. The quantitative estimate of drug-likeness (QED) is 0.785. The molecule has 0 spiro atoms. The van der Waals surface area contributed by atoms with E-state index >= 15 is 0 Å². The van der Waals surface area contributed by atoms with Crippen LogP contribution < -0.4 is 4.74 Å². The minimum absolute atomic E-state index is 0.0322. The summed E-state index contributed by atoms with van der Waals surface area (Å²) >= 11 is 0. The molecule has 0 bridgehead atoms. The Morgan fingerprint density at radius 3 is 2.71 bits per heavy atom. The Labute approximate surface area is 123 Å². The van der Waals surface area contributed by atoms with Crippen LogP contribution in [0.15, 0.2) is 48.5 Å². The number of carbonyl (C=O) groups is 1. The maximum absolute atomic E-state index is 13.4. The van der Waals surface area contributed by atoms with E-state index in [1.165, 1.54) is 6.07 Å². The van der Waals surface area contributed by atoms with E-state index in [-0.39, 0.29) is 24.6 Å². The molecule has 4 heteroatoms. The summed E-state index contributed by atoms with van der Waals surface area (Å²) in [5, 5.41) is 0. The molecule has 0 saturated heterocycles. The van der Waals surface area contributed by atoms with Crippen LogP contribution in [0.4, 0.5) is 4.39 Å². The molecule has 2 rings (SSSR count). The predicted molar refractivity (Wildman–Crippen MR) is 77.8 cm³/mol. The van der Waals surface area contributed by atoms with Gasteiger partial charge in [-0.2, -0.15) is 0 Å². The molecule has 0 amide bonds. The van der Waals surface area contributed by atoms with E-state index in [0.29, 0.717) is 17.9 Å². The molecule has 0 atom stereocenters. The summed E-state index contributed by atoms with van der Waals surface area (Å²) < 4.78 is 23.9. The molecular weight excluding hydrogens is 271 g/mol. The van der Waals surface area contributed by atoms with Gasteiger partial charge >= 0.3 is 0 Å². The Hall–Kier alpha value is -2.20. The summed E-state index contributed by atoms with van der Waals surface area (Å²) in [6, 6.07) is 13.6. The van der Waals surface area contributed by atoms with Crippen molar-refractivity contribution >= 4 is 5.78 Å². The van der Waals surface area contributed by atoms with Crippen molar-refractivity contribution in [2.75, 3.05) is 13.7 Å². The summed E-state index contributed by atoms with van der Waals surface area (Å²) in [7, 11) is 1.62. The number of rotatable bonds is 7. The fourth-order valence-corrected chi connectivity index (χ4v) is 1.96. The third-order valence-corrected chi connectivity index (χ3v) is 2.95. The molecule has 0 aromatic heterocycles. The van der Waals surface area contributed by atoms with Gasteiger partial charge in [0.05, 0.1) is 6.61 Å². The number of ether oxygens (including phenoxy) is 2. The highest BCUT2D eigenvalue weighted by Gasteiger charge is 2.08. The highest BCUT2D eigenvalue weighted by atomic mass is 19.1. The third-order valence-electron chi connectivity index (χ3n) is 2.95. The zero-order chi connectivity index (χ0) is 15.1. The molecule has 0 heterocycles. The average molecular weight is 288 g/mol. The van der Waals surface area contributed by atoms with Gasteiger partial charge in [0.15, 0.2) is 5.78 Å². The van der Waals surface area contributed by atoms with Crippen molar-refractivity contribution in [1.82, 2.24) is 0 Å². The van der Waals surface area contributed by atoms with Crippen LogP contribution in [0.25, 0.3) is 0 Å². The first-order valence-corrected chi connectivity index (χ1v) is 6.65. The van der Waals surface area contributed by atoms with Crippen LogP contribution in [0.5, 0.6) is 5.75 Å². The molecule has 2 aromatic carbocycles. The third kappa shape index (κ3) is 4.68. The van der Waals surface area contributed by atoms with Crippen molar-refractivity contribution in [2.24, 2.45) is 0 Å². The van der Waals surface area contributed by atoms with Crippen molar-refractivity contribution in [3.05, 3.63) is 65.5 Å². The fourth-order valence-electron chi connectivity index (χ4n) is 1.96. The molecule has 3 nitrogen and oxygen atoms in total. The van der Waals surface area contributed by atoms with Crippen LogP contribution >= 0.6 is 0 Å². The number of hydrogen-bond acceptors (Lipinski definition) is 3. The van der Waals surface area contributed by atoms with Crippen molar-refractivity contribution in [1.29, 1.82) is 0 Å². The number of benzene rings is 2. The van der Waals surface area contributed by atoms with Gasteiger partial charge in [-0.15, -0.1) is 0 Å².